The van der Waals surface area contributed by atoms with Crippen LogP contribution in [0.4, 0.5) is 0 Å². The van der Waals surface area contributed by atoms with Crippen molar-refractivity contribution in [1.29, 1.82) is 0 Å². The van der Waals surface area contributed by atoms with Crippen molar-refractivity contribution in [2.45, 2.75) is 65.1 Å². The fourth-order valence-electron chi connectivity index (χ4n) is 5.73. The molecule has 194 valence electrons. The maximum absolute atomic E-state index is 13.6. The summed E-state index contributed by atoms with van der Waals surface area (Å²) >= 11 is 0. The molecule has 0 spiro atoms. The van der Waals surface area contributed by atoms with Gasteiger partial charge in [-0.1, -0.05) is 62.4 Å². The highest BCUT2D eigenvalue weighted by Crippen LogP contribution is 2.49. The van der Waals surface area contributed by atoms with E-state index in [1.165, 1.54) is 0 Å². The maximum atomic E-state index is 13.6. The zero-order valence-corrected chi connectivity index (χ0v) is 21.9. The average molecular weight is 502 g/mol. The molecule has 2 aromatic carbocycles. The van der Waals surface area contributed by atoms with Gasteiger partial charge in [-0.15, -0.1) is 0 Å². The fourth-order valence-corrected chi connectivity index (χ4v) is 5.73. The summed E-state index contributed by atoms with van der Waals surface area (Å²) in [6, 6.07) is 17.7. The van der Waals surface area contributed by atoms with Gasteiger partial charge in [0.2, 0.25) is 0 Å². The van der Waals surface area contributed by atoms with E-state index in [1.807, 2.05) is 61.5 Å². The van der Waals surface area contributed by atoms with E-state index >= 15 is 0 Å². The number of hydrogen-bond donors (Lipinski definition) is 0. The van der Waals surface area contributed by atoms with Crippen molar-refractivity contribution in [3.63, 3.8) is 0 Å². The number of rotatable bonds is 7. The Balaban J connectivity index is 1.52. The number of hydrogen-bond acceptors (Lipinski definition) is 6. The number of para-hydroxylation sites is 1. The van der Waals surface area contributed by atoms with E-state index in [0.29, 0.717) is 43.1 Å². The van der Waals surface area contributed by atoms with E-state index in [2.05, 4.69) is 13.8 Å². The summed E-state index contributed by atoms with van der Waals surface area (Å²) in [6.07, 6.45) is 2.89. The van der Waals surface area contributed by atoms with Gasteiger partial charge in [-0.25, -0.2) is 0 Å². The molecule has 0 radical (unpaired) electrons. The van der Waals surface area contributed by atoms with Gasteiger partial charge >= 0.3 is 5.97 Å². The summed E-state index contributed by atoms with van der Waals surface area (Å²) in [6.45, 7) is 7.35. The van der Waals surface area contributed by atoms with E-state index in [-0.39, 0.29) is 29.9 Å². The second-order valence-corrected chi connectivity index (χ2v) is 11.1. The van der Waals surface area contributed by atoms with E-state index in [1.54, 1.807) is 0 Å². The highest BCUT2D eigenvalue weighted by molar-refractivity contribution is 6.09. The molecular weight excluding hydrogens is 466 g/mol. The molecule has 37 heavy (non-hydrogen) atoms. The summed E-state index contributed by atoms with van der Waals surface area (Å²) in [7, 11) is 0. The average Bonchev–Trinajstić information content (AvgIpc) is 3.39. The van der Waals surface area contributed by atoms with Crippen molar-refractivity contribution >= 4 is 17.5 Å². The Kier molecular flexibility index (Phi) is 7.29. The maximum Gasteiger partial charge on any atom is 0.315 e. The predicted molar refractivity (Wildman–Crippen MR) is 142 cm³/mol. The molecule has 1 aliphatic carbocycles. The van der Waals surface area contributed by atoms with Crippen molar-refractivity contribution in [2.24, 2.45) is 16.3 Å². The molecule has 0 amide bonds. The van der Waals surface area contributed by atoms with Crippen LogP contribution in [0.5, 0.6) is 5.75 Å². The van der Waals surface area contributed by atoms with Gasteiger partial charge in [0, 0.05) is 41.5 Å². The third-order valence-corrected chi connectivity index (χ3v) is 7.48. The van der Waals surface area contributed by atoms with Crippen LogP contribution >= 0.6 is 0 Å². The van der Waals surface area contributed by atoms with Crippen molar-refractivity contribution in [3.05, 3.63) is 77.0 Å². The number of Topliss-reactive ketones (excluding diaryl/α,β-unsaturated/α-hetero) is 1. The van der Waals surface area contributed by atoms with Crippen molar-refractivity contribution in [3.8, 4) is 5.75 Å². The standard InChI is InChI=1S/C31H35NO5/c1-20-27(30(34)37-19-22-12-9-15-35-22)28(29-24(32-20)16-31(2,3)17-25(29)33)23-13-7-8-14-26(23)36-18-21-10-5-4-6-11-21/h4-8,10-11,13-14,22,27-28H,9,12,15-19H2,1-3H3/t22-,27?,28+/m0/s1. The first-order valence-electron chi connectivity index (χ1n) is 13.2. The van der Waals surface area contributed by atoms with Gasteiger partial charge in [0.05, 0.1) is 6.10 Å². The molecule has 5 rings (SSSR count). The zero-order chi connectivity index (χ0) is 26.0. The summed E-state index contributed by atoms with van der Waals surface area (Å²) in [5, 5.41) is 0. The van der Waals surface area contributed by atoms with Crippen molar-refractivity contribution in [1.82, 2.24) is 0 Å². The lowest BCUT2D eigenvalue weighted by Crippen LogP contribution is -2.40. The highest BCUT2D eigenvalue weighted by atomic mass is 16.6. The number of ether oxygens (including phenoxy) is 3. The van der Waals surface area contributed by atoms with Crippen molar-refractivity contribution in [2.75, 3.05) is 13.2 Å². The van der Waals surface area contributed by atoms with Crippen LogP contribution in [0.15, 0.2) is 70.9 Å². The topological polar surface area (TPSA) is 74.2 Å². The summed E-state index contributed by atoms with van der Waals surface area (Å²) in [4.78, 5) is 32.1. The van der Waals surface area contributed by atoms with E-state index in [0.717, 1.165) is 29.7 Å². The molecule has 0 aromatic heterocycles. The minimum atomic E-state index is -0.702. The number of esters is 1. The second-order valence-electron chi connectivity index (χ2n) is 11.1. The quantitative estimate of drug-likeness (QED) is 0.448. The number of allylic oxidation sites excluding steroid dienone is 2. The highest BCUT2D eigenvalue weighted by Gasteiger charge is 2.47. The number of aliphatic imine (C=N–C) groups is 1. The number of benzene rings is 2. The number of carbonyl (C=O) groups excluding carboxylic acids is 2. The largest absolute Gasteiger partial charge is 0.489 e. The Morgan fingerprint density at radius 3 is 2.59 bits per heavy atom. The Morgan fingerprint density at radius 1 is 1.08 bits per heavy atom. The van der Waals surface area contributed by atoms with Gasteiger partial charge in [0.15, 0.2) is 5.78 Å². The van der Waals surface area contributed by atoms with Gasteiger partial charge in [0.25, 0.3) is 0 Å². The molecule has 2 aromatic rings. The van der Waals surface area contributed by atoms with Gasteiger partial charge in [0.1, 0.15) is 24.9 Å². The second kappa shape index (κ2) is 10.6. The fraction of sp³-hybridized carbons (Fsp3) is 0.452. The lowest BCUT2D eigenvalue weighted by molar-refractivity contribution is -0.149. The third kappa shape index (κ3) is 5.54. The minimum absolute atomic E-state index is 0.0438. The number of nitrogens with zero attached hydrogens (tertiary/aromatic N) is 1. The van der Waals surface area contributed by atoms with E-state index < -0.39 is 11.8 Å². The zero-order valence-electron chi connectivity index (χ0n) is 21.9. The predicted octanol–water partition coefficient (Wildman–Crippen LogP) is 5.81. The first-order valence-corrected chi connectivity index (χ1v) is 13.2. The monoisotopic (exact) mass is 501 g/mol. The molecule has 2 heterocycles. The van der Waals surface area contributed by atoms with E-state index in [4.69, 9.17) is 19.2 Å². The molecule has 3 aliphatic rings. The van der Waals surface area contributed by atoms with Gasteiger partial charge in [-0.2, -0.15) is 0 Å². The lowest BCUT2D eigenvalue weighted by Gasteiger charge is -2.39. The van der Waals surface area contributed by atoms with Gasteiger partial charge < -0.3 is 14.2 Å². The van der Waals surface area contributed by atoms with Crippen LogP contribution in [0.1, 0.15) is 63.5 Å². The molecule has 0 bridgehead atoms. The van der Waals surface area contributed by atoms with Crippen LogP contribution in [0.3, 0.4) is 0 Å². The first kappa shape index (κ1) is 25.4. The van der Waals surface area contributed by atoms with Crippen LogP contribution in [-0.4, -0.2) is 36.8 Å². The Labute approximate surface area is 218 Å². The summed E-state index contributed by atoms with van der Waals surface area (Å²) < 4.78 is 17.7. The van der Waals surface area contributed by atoms with Crippen LogP contribution in [0.25, 0.3) is 0 Å². The summed E-state index contributed by atoms with van der Waals surface area (Å²) in [5.74, 6) is -0.884. The van der Waals surface area contributed by atoms with Crippen molar-refractivity contribution < 1.29 is 23.8 Å². The Morgan fingerprint density at radius 2 is 1.84 bits per heavy atom. The minimum Gasteiger partial charge on any atom is -0.489 e. The van der Waals surface area contributed by atoms with Crippen LogP contribution < -0.4 is 4.74 Å². The molecular formula is C31H35NO5. The smallest absolute Gasteiger partial charge is 0.315 e. The normalized spacial score (nSPS) is 24.9. The Bertz CT molecular complexity index is 1220. The molecule has 0 saturated carbocycles. The first-order chi connectivity index (χ1) is 17.8. The molecule has 2 aliphatic heterocycles. The van der Waals surface area contributed by atoms with Crippen LogP contribution in [0.2, 0.25) is 0 Å². The van der Waals surface area contributed by atoms with Crippen LogP contribution in [0, 0.1) is 11.3 Å². The number of carbonyl (C=O) groups is 2. The SMILES string of the molecule is CC1=NC2=C(C(=O)CC(C)(C)C2)[C@H](c2ccccc2OCc2ccccc2)C1C(=O)OC[C@@H]1CCCO1. The molecule has 6 nitrogen and oxygen atoms in total. The number of ketones is 1. The molecule has 1 saturated heterocycles. The Hall–Kier alpha value is -3.25. The van der Waals surface area contributed by atoms with Gasteiger partial charge in [-0.3, -0.25) is 14.6 Å². The van der Waals surface area contributed by atoms with Gasteiger partial charge in [-0.05, 0) is 43.2 Å². The molecule has 6 heteroatoms. The molecule has 3 atom stereocenters. The summed E-state index contributed by atoms with van der Waals surface area (Å²) in [5.41, 5.74) is 3.75. The van der Waals surface area contributed by atoms with E-state index in [9.17, 15) is 9.59 Å². The molecule has 1 fully saturated rings. The molecule has 0 N–H and O–H groups in total. The molecule has 1 unspecified atom stereocenters. The van der Waals surface area contributed by atoms with Crippen LogP contribution in [-0.2, 0) is 25.7 Å². The lowest BCUT2D eigenvalue weighted by atomic mass is 9.66. The third-order valence-electron chi connectivity index (χ3n) is 7.48.